The molecular weight excluding hydrogens is 275 g/mol. The number of ether oxygens (including phenoxy) is 1. The van der Waals surface area contributed by atoms with E-state index in [0.717, 1.165) is 5.56 Å². The lowest BCUT2D eigenvalue weighted by Crippen LogP contribution is -2.08. The van der Waals surface area contributed by atoms with Crippen molar-refractivity contribution in [1.82, 2.24) is 0 Å². The Morgan fingerprint density at radius 1 is 1.33 bits per heavy atom. The van der Waals surface area contributed by atoms with Gasteiger partial charge in [0.15, 0.2) is 11.6 Å². The largest absolute Gasteiger partial charge is 0.447 e. The number of benzene rings is 2. The summed E-state index contributed by atoms with van der Waals surface area (Å²) in [5.41, 5.74) is 6.73. The average Bonchev–Trinajstić information content (AvgIpc) is 2.42. The van der Waals surface area contributed by atoms with Gasteiger partial charge in [0, 0.05) is 17.7 Å². The molecule has 0 aliphatic heterocycles. The maximum atomic E-state index is 14.0. The fourth-order valence-corrected chi connectivity index (χ4v) is 1.96. The highest BCUT2D eigenvalue weighted by molar-refractivity contribution is 5.51. The molecule has 0 saturated carbocycles. The molecule has 0 aliphatic carbocycles. The minimum absolute atomic E-state index is 0.0161. The van der Waals surface area contributed by atoms with Crippen molar-refractivity contribution in [2.45, 2.75) is 19.9 Å². The number of nitrogens with zero attached hydrogens (tertiary/aromatic N) is 1. The van der Waals surface area contributed by atoms with Crippen LogP contribution in [0.25, 0.3) is 0 Å². The first kappa shape index (κ1) is 14.9. The summed E-state index contributed by atoms with van der Waals surface area (Å²) in [5, 5.41) is 11.1. The van der Waals surface area contributed by atoms with E-state index in [0.29, 0.717) is 5.56 Å². The van der Waals surface area contributed by atoms with Gasteiger partial charge in [0.1, 0.15) is 0 Å². The van der Waals surface area contributed by atoms with Crippen LogP contribution in [0.15, 0.2) is 36.4 Å². The maximum absolute atomic E-state index is 14.0. The van der Waals surface area contributed by atoms with E-state index in [4.69, 9.17) is 10.5 Å². The first-order valence-electron chi connectivity index (χ1n) is 6.37. The van der Waals surface area contributed by atoms with Crippen molar-refractivity contribution in [2.24, 2.45) is 5.73 Å². The molecule has 5 nitrogen and oxygen atoms in total. The number of aryl methyl sites for hydroxylation is 1. The van der Waals surface area contributed by atoms with Crippen molar-refractivity contribution in [2.75, 3.05) is 0 Å². The van der Waals surface area contributed by atoms with Crippen molar-refractivity contribution >= 4 is 5.69 Å². The Morgan fingerprint density at radius 3 is 2.67 bits per heavy atom. The first-order chi connectivity index (χ1) is 9.90. The molecule has 2 aromatic rings. The lowest BCUT2D eigenvalue weighted by molar-refractivity contribution is -0.385. The van der Waals surface area contributed by atoms with E-state index >= 15 is 0 Å². The zero-order valence-corrected chi connectivity index (χ0v) is 11.7. The normalized spacial score (nSPS) is 12.0. The van der Waals surface area contributed by atoms with Gasteiger partial charge < -0.3 is 10.5 Å². The zero-order valence-electron chi connectivity index (χ0n) is 11.7. The van der Waals surface area contributed by atoms with Crippen LogP contribution in [0.5, 0.6) is 11.5 Å². The van der Waals surface area contributed by atoms with Crippen LogP contribution in [-0.2, 0) is 0 Å². The lowest BCUT2D eigenvalue weighted by atomic mass is 10.1. The molecule has 0 bridgehead atoms. The zero-order chi connectivity index (χ0) is 15.6. The Labute approximate surface area is 121 Å². The van der Waals surface area contributed by atoms with E-state index in [2.05, 4.69) is 0 Å². The van der Waals surface area contributed by atoms with Crippen LogP contribution < -0.4 is 10.5 Å². The molecule has 2 rings (SSSR count). The molecule has 0 heterocycles. The third-order valence-electron chi connectivity index (χ3n) is 3.01. The minimum atomic E-state index is -0.611. The van der Waals surface area contributed by atoms with Gasteiger partial charge in [-0.25, -0.2) is 4.39 Å². The van der Waals surface area contributed by atoms with Crippen LogP contribution in [-0.4, -0.2) is 4.92 Å². The molecule has 6 heteroatoms. The third kappa shape index (κ3) is 3.17. The second kappa shape index (κ2) is 5.88. The van der Waals surface area contributed by atoms with E-state index in [1.807, 2.05) is 0 Å². The van der Waals surface area contributed by atoms with Crippen LogP contribution in [0.1, 0.15) is 24.1 Å². The topological polar surface area (TPSA) is 78.4 Å². The van der Waals surface area contributed by atoms with Crippen LogP contribution >= 0.6 is 0 Å². The summed E-state index contributed by atoms with van der Waals surface area (Å²) in [4.78, 5) is 10.5. The minimum Gasteiger partial charge on any atom is -0.447 e. The Morgan fingerprint density at radius 2 is 2.05 bits per heavy atom. The van der Waals surface area contributed by atoms with Gasteiger partial charge in [-0.2, -0.15) is 0 Å². The van der Waals surface area contributed by atoms with E-state index < -0.39 is 16.8 Å². The molecule has 21 heavy (non-hydrogen) atoms. The number of rotatable bonds is 4. The second-order valence-corrected chi connectivity index (χ2v) is 4.78. The number of nitro benzene ring substituents is 1. The highest BCUT2D eigenvalue weighted by Crippen LogP contribution is 2.36. The summed E-state index contributed by atoms with van der Waals surface area (Å²) in [7, 11) is 0. The van der Waals surface area contributed by atoms with Crippen molar-refractivity contribution in [3.05, 3.63) is 63.5 Å². The molecule has 1 unspecified atom stereocenters. The van der Waals surface area contributed by atoms with Gasteiger partial charge in [-0.15, -0.1) is 0 Å². The molecule has 1 atom stereocenters. The van der Waals surface area contributed by atoms with Gasteiger partial charge in [-0.1, -0.05) is 18.2 Å². The summed E-state index contributed by atoms with van der Waals surface area (Å²) < 4.78 is 19.4. The maximum Gasteiger partial charge on any atom is 0.311 e. The highest BCUT2D eigenvalue weighted by Gasteiger charge is 2.20. The fourth-order valence-electron chi connectivity index (χ4n) is 1.96. The van der Waals surface area contributed by atoms with Crippen molar-refractivity contribution in [1.29, 1.82) is 0 Å². The molecule has 2 N–H and O–H groups in total. The summed E-state index contributed by atoms with van der Waals surface area (Å²) >= 11 is 0. The van der Waals surface area contributed by atoms with Crippen molar-refractivity contribution in [3.8, 4) is 11.5 Å². The molecular formula is C15H15FN2O3. The lowest BCUT2D eigenvalue weighted by Gasteiger charge is -2.14. The van der Waals surface area contributed by atoms with Gasteiger partial charge in [0.05, 0.1) is 4.92 Å². The third-order valence-corrected chi connectivity index (χ3v) is 3.01. The van der Waals surface area contributed by atoms with Gasteiger partial charge >= 0.3 is 5.69 Å². The van der Waals surface area contributed by atoms with E-state index in [1.54, 1.807) is 26.0 Å². The number of hydrogen-bond donors (Lipinski definition) is 1. The van der Waals surface area contributed by atoms with Gasteiger partial charge in [-0.3, -0.25) is 10.1 Å². The summed E-state index contributed by atoms with van der Waals surface area (Å²) in [6, 6.07) is 8.40. The molecule has 0 aromatic heterocycles. The Bertz CT molecular complexity index is 687. The van der Waals surface area contributed by atoms with Crippen LogP contribution in [0, 0.1) is 22.9 Å². The Hall–Kier alpha value is -2.47. The number of halogens is 1. The SMILES string of the molecule is Cc1ccc(Oc2c(F)cccc2C(C)N)c([N+](=O)[O-])c1. The van der Waals surface area contributed by atoms with Gasteiger partial charge in [0.2, 0.25) is 5.75 Å². The second-order valence-electron chi connectivity index (χ2n) is 4.78. The molecule has 0 aliphatic rings. The number of nitro groups is 1. The summed E-state index contributed by atoms with van der Waals surface area (Å²) in [5.74, 6) is -0.711. The standard InChI is InChI=1S/C15H15FN2O3/c1-9-6-7-14(13(8-9)18(19)20)21-15-11(10(2)17)4-3-5-12(15)16/h3-8,10H,17H2,1-2H3. The smallest absolute Gasteiger partial charge is 0.311 e. The highest BCUT2D eigenvalue weighted by atomic mass is 19.1. The predicted octanol–water partition coefficient (Wildman–Crippen LogP) is 3.85. The Balaban J connectivity index is 2.51. The monoisotopic (exact) mass is 290 g/mol. The predicted molar refractivity (Wildman–Crippen MR) is 76.9 cm³/mol. The van der Waals surface area contributed by atoms with Crippen molar-refractivity contribution < 1.29 is 14.1 Å². The van der Waals surface area contributed by atoms with Crippen molar-refractivity contribution in [3.63, 3.8) is 0 Å². The summed E-state index contributed by atoms with van der Waals surface area (Å²) in [6.45, 7) is 3.42. The number of para-hydroxylation sites is 1. The fraction of sp³-hybridized carbons (Fsp3) is 0.200. The van der Waals surface area contributed by atoms with Gasteiger partial charge in [0.25, 0.3) is 0 Å². The molecule has 110 valence electrons. The summed E-state index contributed by atoms with van der Waals surface area (Å²) in [6.07, 6.45) is 0. The molecule has 0 radical (unpaired) electrons. The Kier molecular flexibility index (Phi) is 4.18. The molecule has 2 aromatic carbocycles. The molecule has 0 amide bonds. The number of nitrogens with two attached hydrogens (primary N) is 1. The average molecular weight is 290 g/mol. The number of hydrogen-bond acceptors (Lipinski definition) is 4. The van der Waals surface area contributed by atoms with Crippen LogP contribution in [0.3, 0.4) is 0 Å². The quantitative estimate of drug-likeness (QED) is 0.685. The van der Waals surface area contributed by atoms with E-state index in [-0.39, 0.29) is 17.2 Å². The molecule has 0 saturated heterocycles. The molecule has 0 fully saturated rings. The molecule has 0 spiro atoms. The van der Waals surface area contributed by atoms with E-state index in [1.165, 1.54) is 24.3 Å². The van der Waals surface area contributed by atoms with Gasteiger partial charge in [-0.05, 0) is 31.5 Å². The van der Waals surface area contributed by atoms with Crippen LogP contribution in [0.4, 0.5) is 10.1 Å². The van der Waals surface area contributed by atoms with Crippen LogP contribution in [0.2, 0.25) is 0 Å². The van der Waals surface area contributed by atoms with E-state index in [9.17, 15) is 14.5 Å². The first-order valence-corrected chi connectivity index (χ1v) is 6.37.